The van der Waals surface area contributed by atoms with Crippen molar-refractivity contribution >= 4 is 12.0 Å². The molecule has 0 amide bonds. The molecule has 0 radical (unpaired) electrons. The summed E-state index contributed by atoms with van der Waals surface area (Å²) in [5.74, 6) is -0.221. The van der Waals surface area contributed by atoms with Crippen molar-refractivity contribution in [3.05, 3.63) is 33.9 Å². The van der Waals surface area contributed by atoms with Gasteiger partial charge in [0, 0.05) is 12.5 Å². The number of carbonyl (C=O) groups is 1. The van der Waals surface area contributed by atoms with E-state index >= 15 is 0 Å². The predicted octanol–water partition coefficient (Wildman–Crippen LogP) is 1.04. The number of nitro groups is 1. The molecule has 13 heavy (non-hydrogen) atoms. The second-order valence-electron chi connectivity index (χ2n) is 2.40. The van der Waals surface area contributed by atoms with Crippen molar-refractivity contribution in [1.29, 1.82) is 0 Å². The molecule has 68 valence electrons. The number of rotatable bonds is 3. The van der Waals surface area contributed by atoms with Gasteiger partial charge in [0.25, 0.3) is 5.69 Å². The zero-order chi connectivity index (χ0) is 9.84. The van der Waals surface area contributed by atoms with Gasteiger partial charge < -0.3 is 9.90 Å². The van der Waals surface area contributed by atoms with Crippen LogP contribution in [0.5, 0.6) is 5.75 Å². The lowest BCUT2D eigenvalue weighted by Crippen LogP contribution is -1.96. The molecule has 0 aliphatic carbocycles. The summed E-state index contributed by atoms with van der Waals surface area (Å²) in [5, 5.41) is 19.6. The van der Waals surface area contributed by atoms with Crippen LogP contribution in [0.1, 0.15) is 5.56 Å². The minimum Gasteiger partial charge on any atom is -0.507 e. The molecule has 0 aliphatic heterocycles. The number of carbonyl (C=O) groups excluding carboxylic acids is 1. The number of phenolic OH excluding ortho intramolecular Hbond substituents is 1. The Bertz CT molecular complexity index is 348. The van der Waals surface area contributed by atoms with Crippen molar-refractivity contribution < 1.29 is 14.8 Å². The Morgan fingerprint density at radius 1 is 1.54 bits per heavy atom. The number of benzene rings is 1. The van der Waals surface area contributed by atoms with E-state index in [1.165, 1.54) is 18.2 Å². The molecular weight excluding hydrogens is 174 g/mol. The highest BCUT2D eigenvalue weighted by Crippen LogP contribution is 2.26. The molecule has 0 aliphatic rings. The van der Waals surface area contributed by atoms with Crippen LogP contribution in [0.15, 0.2) is 18.2 Å². The smallest absolute Gasteiger partial charge is 0.276 e. The molecule has 1 aromatic carbocycles. The predicted molar refractivity (Wildman–Crippen MR) is 44.5 cm³/mol. The second-order valence-corrected chi connectivity index (χ2v) is 2.40. The summed E-state index contributed by atoms with van der Waals surface area (Å²) >= 11 is 0. The first-order valence-corrected chi connectivity index (χ1v) is 3.55. The lowest BCUT2D eigenvalue weighted by molar-refractivity contribution is -0.385. The maximum Gasteiger partial charge on any atom is 0.276 e. The van der Waals surface area contributed by atoms with Gasteiger partial charge in [-0.1, -0.05) is 6.07 Å². The molecule has 0 fully saturated rings. The lowest BCUT2D eigenvalue weighted by Gasteiger charge is -2.00. The van der Waals surface area contributed by atoms with Crippen molar-refractivity contribution in [2.45, 2.75) is 6.42 Å². The van der Waals surface area contributed by atoms with E-state index in [9.17, 15) is 20.0 Å². The topological polar surface area (TPSA) is 80.4 Å². The molecule has 0 heterocycles. The Labute approximate surface area is 73.8 Å². The van der Waals surface area contributed by atoms with Gasteiger partial charge in [0.05, 0.1) is 10.5 Å². The summed E-state index contributed by atoms with van der Waals surface area (Å²) < 4.78 is 0. The van der Waals surface area contributed by atoms with Gasteiger partial charge in [-0.2, -0.15) is 0 Å². The minimum atomic E-state index is -0.626. The van der Waals surface area contributed by atoms with Gasteiger partial charge in [-0.25, -0.2) is 0 Å². The largest absolute Gasteiger partial charge is 0.507 e. The Morgan fingerprint density at radius 3 is 2.77 bits per heavy atom. The maximum atomic E-state index is 10.4. The van der Waals surface area contributed by atoms with Crippen LogP contribution in [0, 0.1) is 10.1 Å². The van der Waals surface area contributed by atoms with Crippen molar-refractivity contribution in [3.63, 3.8) is 0 Å². The van der Waals surface area contributed by atoms with E-state index < -0.39 is 4.92 Å². The summed E-state index contributed by atoms with van der Waals surface area (Å²) in [7, 11) is 0. The van der Waals surface area contributed by atoms with E-state index in [1.807, 2.05) is 0 Å². The van der Waals surface area contributed by atoms with Crippen LogP contribution in [0.2, 0.25) is 0 Å². The molecule has 0 spiro atoms. The van der Waals surface area contributed by atoms with E-state index in [2.05, 4.69) is 0 Å². The fraction of sp³-hybridized carbons (Fsp3) is 0.125. The molecule has 0 atom stereocenters. The summed E-state index contributed by atoms with van der Waals surface area (Å²) in [4.78, 5) is 20.0. The number of aromatic hydroxyl groups is 1. The molecule has 1 rings (SSSR count). The molecule has 0 bridgehead atoms. The SMILES string of the molecule is O=CCc1c(O)cccc1[N+](=O)[O-]. The fourth-order valence-corrected chi connectivity index (χ4v) is 1.03. The third kappa shape index (κ3) is 1.81. The molecule has 5 heteroatoms. The van der Waals surface area contributed by atoms with Crippen molar-refractivity contribution in [3.8, 4) is 5.75 Å². The molecule has 0 aromatic heterocycles. The van der Waals surface area contributed by atoms with Crippen LogP contribution in [0.4, 0.5) is 5.69 Å². The van der Waals surface area contributed by atoms with Gasteiger partial charge in [-0.05, 0) is 6.07 Å². The van der Waals surface area contributed by atoms with Gasteiger partial charge in [-0.15, -0.1) is 0 Å². The van der Waals surface area contributed by atoms with Crippen LogP contribution < -0.4 is 0 Å². The maximum absolute atomic E-state index is 10.4. The second kappa shape index (κ2) is 3.66. The average molecular weight is 181 g/mol. The Balaban J connectivity index is 3.24. The summed E-state index contributed by atoms with van der Waals surface area (Å²) in [5.41, 5.74) is -0.172. The zero-order valence-corrected chi connectivity index (χ0v) is 6.64. The third-order valence-corrected chi connectivity index (χ3v) is 1.61. The van der Waals surface area contributed by atoms with Crippen LogP contribution in [-0.2, 0) is 11.2 Å². The Morgan fingerprint density at radius 2 is 2.23 bits per heavy atom. The van der Waals surface area contributed by atoms with Crippen molar-refractivity contribution in [2.24, 2.45) is 0 Å². The first-order valence-electron chi connectivity index (χ1n) is 3.55. The highest BCUT2D eigenvalue weighted by Gasteiger charge is 2.15. The number of phenols is 1. The summed E-state index contributed by atoms with van der Waals surface area (Å²) in [6.45, 7) is 0. The molecular formula is C8H7NO4. The number of aldehydes is 1. The van der Waals surface area contributed by atoms with E-state index in [-0.39, 0.29) is 23.4 Å². The van der Waals surface area contributed by atoms with Gasteiger partial charge in [0.15, 0.2) is 0 Å². The Kier molecular flexibility index (Phi) is 2.59. The zero-order valence-electron chi connectivity index (χ0n) is 6.64. The van der Waals surface area contributed by atoms with Gasteiger partial charge >= 0.3 is 0 Å². The monoisotopic (exact) mass is 181 g/mol. The first kappa shape index (κ1) is 9.18. The Hall–Kier alpha value is -1.91. The molecule has 0 saturated heterocycles. The third-order valence-electron chi connectivity index (χ3n) is 1.61. The van der Waals surface area contributed by atoms with E-state index in [0.717, 1.165) is 0 Å². The first-order chi connectivity index (χ1) is 6.16. The number of nitro benzene ring substituents is 1. The fourth-order valence-electron chi connectivity index (χ4n) is 1.03. The molecule has 5 nitrogen and oxygen atoms in total. The lowest BCUT2D eigenvalue weighted by atomic mass is 10.1. The highest BCUT2D eigenvalue weighted by molar-refractivity contribution is 5.62. The van der Waals surface area contributed by atoms with Crippen LogP contribution in [0.25, 0.3) is 0 Å². The van der Waals surface area contributed by atoms with Crippen molar-refractivity contribution in [2.75, 3.05) is 0 Å². The van der Waals surface area contributed by atoms with Crippen molar-refractivity contribution in [1.82, 2.24) is 0 Å². The van der Waals surface area contributed by atoms with E-state index in [4.69, 9.17) is 0 Å². The van der Waals surface area contributed by atoms with E-state index in [1.54, 1.807) is 0 Å². The average Bonchev–Trinajstić information content (AvgIpc) is 2.08. The number of nitrogens with zero attached hydrogens (tertiary/aromatic N) is 1. The molecule has 0 unspecified atom stereocenters. The van der Waals surface area contributed by atoms with Gasteiger partial charge in [-0.3, -0.25) is 10.1 Å². The molecule has 1 N–H and O–H groups in total. The standard InChI is InChI=1S/C8H7NO4/c10-5-4-6-7(9(12)13)2-1-3-8(6)11/h1-3,5,11H,4H2. The molecule has 1 aromatic rings. The van der Waals surface area contributed by atoms with Gasteiger partial charge in [0.1, 0.15) is 12.0 Å². The van der Waals surface area contributed by atoms with Crippen LogP contribution >= 0.6 is 0 Å². The summed E-state index contributed by atoms with van der Waals surface area (Å²) in [6, 6.07) is 3.92. The molecule has 0 saturated carbocycles. The van der Waals surface area contributed by atoms with Crippen LogP contribution in [-0.4, -0.2) is 16.3 Å². The number of hydrogen-bond acceptors (Lipinski definition) is 4. The van der Waals surface area contributed by atoms with Gasteiger partial charge in [0.2, 0.25) is 0 Å². The highest BCUT2D eigenvalue weighted by atomic mass is 16.6. The van der Waals surface area contributed by atoms with Crippen LogP contribution in [0.3, 0.4) is 0 Å². The quantitative estimate of drug-likeness (QED) is 0.429. The minimum absolute atomic E-state index is 0.0579. The number of hydrogen-bond donors (Lipinski definition) is 1. The normalized spacial score (nSPS) is 9.54. The summed E-state index contributed by atoms with van der Waals surface area (Å²) in [6.07, 6.45) is 0.366. The van der Waals surface area contributed by atoms with E-state index in [0.29, 0.717) is 6.29 Å².